The van der Waals surface area contributed by atoms with Gasteiger partial charge in [0.1, 0.15) is 5.82 Å². The standard InChI is InChI=1S/C15H17FN2O/c1-15(2,3)14-12(8-18(4)17-14)10-5-6-13(16)11(7-10)9-19/h5-9H,1-4H3. The molecule has 0 aliphatic carbocycles. The Morgan fingerprint density at radius 1 is 1.32 bits per heavy atom. The number of hydrogen-bond donors (Lipinski definition) is 0. The second-order valence-electron chi connectivity index (χ2n) is 5.67. The van der Waals surface area contributed by atoms with Crippen molar-refractivity contribution in [3.8, 4) is 11.1 Å². The van der Waals surface area contributed by atoms with Gasteiger partial charge in [-0.1, -0.05) is 26.8 Å². The van der Waals surface area contributed by atoms with E-state index in [1.54, 1.807) is 16.8 Å². The summed E-state index contributed by atoms with van der Waals surface area (Å²) in [6.07, 6.45) is 2.42. The van der Waals surface area contributed by atoms with Gasteiger partial charge < -0.3 is 0 Å². The summed E-state index contributed by atoms with van der Waals surface area (Å²) in [4.78, 5) is 10.8. The van der Waals surface area contributed by atoms with Crippen LogP contribution in [0.2, 0.25) is 0 Å². The lowest BCUT2D eigenvalue weighted by molar-refractivity contribution is 0.112. The maximum absolute atomic E-state index is 13.4. The van der Waals surface area contributed by atoms with E-state index in [0.717, 1.165) is 16.8 Å². The third kappa shape index (κ3) is 2.57. The summed E-state index contributed by atoms with van der Waals surface area (Å²) >= 11 is 0. The molecule has 100 valence electrons. The fraction of sp³-hybridized carbons (Fsp3) is 0.333. The molecule has 19 heavy (non-hydrogen) atoms. The minimum atomic E-state index is -0.500. The average Bonchev–Trinajstić information content (AvgIpc) is 2.72. The molecule has 1 aromatic heterocycles. The van der Waals surface area contributed by atoms with Crippen LogP contribution in [0.15, 0.2) is 24.4 Å². The quantitative estimate of drug-likeness (QED) is 0.776. The molecule has 0 fully saturated rings. The van der Waals surface area contributed by atoms with Gasteiger partial charge in [-0.05, 0) is 17.7 Å². The smallest absolute Gasteiger partial charge is 0.153 e. The highest BCUT2D eigenvalue weighted by Gasteiger charge is 2.23. The molecule has 0 radical (unpaired) electrons. The van der Waals surface area contributed by atoms with Gasteiger partial charge in [-0.15, -0.1) is 0 Å². The molecule has 4 heteroatoms. The van der Waals surface area contributed by atoms with Crippen molar-refractivity contribution in [2.75, 3.05) is 0 Å². The number of benzene rings is 1. The van der Waals surface area contributed by atoms with Crippen molar-refractivity contribution >= 4 is 6.29 Å². The summed E-state index contributed by atoms with van der Waals surface area (Å²) in [5.41, 5.74) is 2.62. The first-order valence-corrected chi connectivity index (χ1v) is 6.12. The maximum Gasteiger partial charge on any atom is 0.153 e. The zero-order valence-electron chi connectivity index (χ0n) is 11.6. The molecule has 0 aliphatic heterocycles. The van der Waals surface area contributed by atoms with Crippen LogP contribution in [0, 0.1) is 5.82 Å². The van der Waals surface area contributed by atoms with Crippen molar-refractivity contribution in [1.82, 2.24) is 9.78 Å². The molecule has 0 N–H and O–H groups in total. The third-order valence-corrected chi connectivity index (χ3v) is 2.97. The molecule has 0 aliphatic rings. The largest absolute Gasteiger partial charge is 0.298 e. The summed E-state index contributed by atoms with van der Waals surface area (Å²) in [6, 6.07) is 4.56. The Kier molecular flexibility index (Phi) is 3.27. The Bertz CT molecular complexity index is 624. The van der Waals surface area contributed by atoms with E-state index >= 15 is 0 Å². The number of halogens is 1. The summed E-state index contributed by atoms with van der Waals surface area (Å²) in [5.74, 6) is -0.500. The van der Waals surface area contributed by atoms with Gasteiger partial charge in [0.05, 0.1) is 11.3 Å². The molecular formula is C15H17FN2O. The van der Waals surface area contributed by atoms with Gasteiger partial charge in [0.25, 0.3) is 0 Å². The summed E-state index contributed by atoms with van der Waals surface area (Å²) in [7, 11) is 1.85. The minimum Gasteiger partial charge on any atom is -0.298 e. The van der Waals surface area contributed by atoms with Crippen molar-refractivity contribution in [1.29, 1.82) is 0 Å². The number of carbonyl (C=O) groups is 1. The molecule has 0 unspecified atom stereocenters. The predicted octanol–water partition coefficient (Wildman–Crippen LogP) is 3.34. The molecule has 0 bridgehead atoms. The van der Waals surface area contributed by atoms with Gasteiger partial charge in [0.15, 0.2) is 6.29 Å². The third-order valence-electron chi connectivity index (χ3n) is 2.97. The lowest BCUT2D eigenvalue weighted by Crippen LogP contribution is -2.13. The molecule has 0 atom stereocenters. The van der Waals surface area contributed by atoms with Crippen LogP contribution < -0.4 is 0 Å². The first kappa shape index (κ1) is 13.5. The number of carbonyl (C=O) groups excluding carboxylic acids is 1. The molecule has 0 saturated heterocycles. The SMILES string of the molecule is Cn1cc(-c2ccc(F)c(C=O)c2)c(C(C)(C)C)n1. The Morgan fingerprint density at radius 3 is 2.58 bits per heavy atom. The van der Waals surface area contributed by atoms with E-state index in [2.05, 4.69) is 25.9 Å². The van der Waals surface area contributed by atoms with Gasteiger partial charge in [-0.2, -0.15) is 5.10 Å². The van der Waals surface area contributed by atoms with Crippen LogP contribution in [0.1, 0.15) is 36.8 Å². The fourth-order valence-corrected chi connectivity index (χ4v) is 2.06. The number of rotatable bonds is 2. The number of aromatic nitrogens is 2. The minimum absolute atomic E-state index is 0.0706. The van der Waals surface area contributed by atoms with Crippen molar-refractivity contribution in [2.24, 2.45) is 7.05 Å². The highest BCUT2D eigenvalue weighted by Crippen LogP contribution is 2.32. The maximum atomic E-state index is 13.4. The van der Waals surface area contributed by atoms with E-state index in [0.29, 0.717) is 6.29 Å². The molecule has 1 aromatic carbocycles. The normalized spacial score (nSPS) is 11.6. The lowest BCUT2D eigenvalue weighted by Gasteiger charge is -2.17. The van der Waals surface area contributed by atoms with Crippen molar-refractivity contribution < 1.29 is 9.18 Å². The van der Waals surface area contributed by atoms with Crippen molar-refractivity contribution in [2.45, 2.75) is 26.2 Å². The molecular weight excluding hydrogens is 243 g/mol. The van der Waals surface area contributed by atoms with E-state index in [1.807, 2.05) is 13.2 Å². The molecule has 1 heterocycles. The summed E-state index contributed by atoms with van der Waals surface area (Å²) < 4.78 is 15.1. The van der Waals surface area contributed by atoms with E-state index in [-0.39, 0.29) is 11.0 Å². The lowest BCUT2D eigenvalue weighted by atomic mass is 9.87. The number of nitrogens with zero attached hydrogens (tertiary/aromatic N) is 2. The van der Waals surface area contributed by atoms with Gasteiger partial charge in [0.2, 0.25) is 0 Å². The molecule has 0 amide bonds. The van der Waals surface area contributed by atoms with Crippen LogP contribution in [-0.4, -0.2) is 16.1 Å². The van der Waals surface area contributed by atoms with Gasteiger partial charge in [-0.25, -0.2) is 4.39 Å². The summed E-state index contributed by atoms with van der Waals surface area (Å²) in [5, 5.41) is 4.47. The molecule has 2 aromatic rings. The van der Waals surface area contributed by atoms with Crippen LogP contribution in [-0.2, 0) is 12.5 Å². The van der Waals surface area contributed by atoms with E-state index in [9.17, 15) is 9.18 Å². The average molecular weight is 260 g/mol. The van der Waals surface area contributed by atoms with E-state index in [1.165, 1.54) is 6.07 Å². The molecule has 3 nitrogen and oxygen atoms in total. The monoisotopic (exact) mass is 260 g/mol. The highest BCUT2D eigenvalue weighted by atomic mass is 19.1. The second kappa shape index (κ2) is 4.61. The zero-order chi connectivity index (χ0) is 14.2. The van der Waals surface area contributed by atoms with Crippen LogP contribution >= 0.6 is 0 Å². The first-order chi connectivity index (χ1) is 8.82. The fourth-order valence-electron chi connectivity index (χ4n) is 2.06. The number of hydrogen-bond acceptors (Lipinski definition) is 2. The Morgan fingerprint density at radius 2 is 2.00 bits per heavy atom. The van der Waals surface area contributed by atoms with Gasteiger partial charge >= 0.3 is 0 Å². The van der Waals surface area contributed by atoms with E-state index in [4.69, 9.17) is 0 Å². The van der Waals surface area contributed by atoms with Crippen LogP contribution in [0.4, 0.5) is 4.39 Å². The molecule has 0 spiro atoms. The first-order valence-electron chi connectivity index (χ1n) is 6.12. The Labute approximate surface area is 112 Å². The van der Waals surface area contributed by atoms with Gasteiger partial charge in [-0.3, -0.25) is 9.48 Å². The summed E-state index contributed by atoms with van der Waals surface area (Å²) in [6.45, 7) is 6.22. The van der Waals surface area contributed by atoms with Crippen molar-refractivity contribution in [3.63, 3.8) is 0 Å². The van der Waals surface area contributed by atoms with Gasteiger partial charge in [0, 0.05) is 24.2 Å². The number of aryl methyl sites for hydroxylation is 1. The van der Waals surface area contributed by atoms with E-state index < -0.39 is 5.82 Å². The van der Waals surface area contributed by atoms with Crippen LogP contribution in [0.5, 0.6) is 0 Å². The second-order valence-corrected chi connectivity index (χ2v) is 5.67. The van der Waals surface area contributed by atoms with Crippen LogP contribution in [0.25, 0.3) is 11.1 Å². The Hall–Kier alpha value is -1.97. The number of aldehydes is 1. The zero-order valence-corrected chi connectivity index (χ0v) is 11.6. The molecule has 2 rings (SSSR count). The van der Waals surface area contributed by atoms with Crippen LogP contribution in [0.3, 0.4) is 0 Å². The topological polar surface area (TPSA) is 34.9 Å². The Balaban J connectivity index is 2.62. The highest BCUT2D eigenvalue weighted by molar-refractivity contribution is 5.79. The molecule has 0 saturated carbocycles. The predicted molar refractivity (Wildman–Crippen MR) is 72.7 cm³/mol. The van der Waals surface area contributed by atoms with Crippen molar-refractivity contribution in [3.05, 3.63) is 41.5 Å².